The number of aromatic nitrogens is 2. The van der Waals surface area contributed by atoms with Crippen LogP contribution in [0.1, 0.15) is 0 Å². The maximum absolute atomic E-state index is 10.7. The molecule has 23 heavy (non-hydrogen) atoms. The molecule has 2 aromatic heterocycles. The Labute approximate surface area is 133 Å². The van der Waals surface area contributed by atoms with Crippen LogP contribution in [0.2, 0.25) is 0 Å². The SMILES string of the molecule is On1c(-c2ccco2)nc(-c2ccccc2)c1-c1ccccc1. The standard InChI is InChI=1S/C19H14N2O2/c22-21-18(15-10-5-2-6-11-15)17(14-8-3-1-4-9-14)20-19(21)16-12-7-13-23-16/h1-13,22H. The highest BCUT2D eigenvalue weighted by molar-refractivity contribution is 5.81. The van der Waals surface area contributed by atoms with E-state index in [0.29, 0.717) is 23.0 Å². The summed E-state index contributed by atoms with van der Waals surface area (Å²) in [5.74, 6) is 0.902. The highest BCUT2D eigenvalue weighted by Crippen LogP contribution is 2.35. The molecule has 0 unspecified atom stereocenters. The second-order valence-electron chi connectivity index (χ2n) is 5.15. The van der Waals surface area contributed by atoms with Crippen molar-refractivity contribution in [2.24, 2.45) is 0 Å². The zero-order valence-corrected chi connectivity index (χ0v) is 12.3. The van der Waals surface area contributed by atoms with Crippen molar-refractivity contribution in [2.75, 3.05) is 0 Å². The summed E-state index contributed by atoms with van der Waals surface area (Å²) in [6, 6.07) is 23.1. The van der Waals surface area contributed by atoms with Crippen molar-refractivity contribution in [2.45, 2.75) is 0 Å². The molecule has 0 aliphatic rings. The van der Waals surface area contributed by atoms with Gasteiger partial charge in [0.1, 0.15) is 11.4 Å². The van der Waals surface area contributed by atoms with E-state index < -0.39 is 0 Å². The summed E-state index contributed by atoms with van der Waals surface area (Å²) < 4.78 is 6.49. The smallest absolute Gasteiger partial charge is 0.212 e. The van der Waals surface area contributed by atoms with Gasteiger partial charge in [0.15, 0.2) is 5.76 Å². The first-order chi connectivity index (χ1) is 11.3. The molecule has 0 atom stereocenters. The molecule has 0 radical (unpaired) electrons. The number of rotatable bonds is 3. The number of benzene rings is 2. The molecular weight excluding hydrogens is 288 g/mol. The summed E-state index contributed by atoms with van der Waals surface area (Å²) >= 11 is 0. The molecule has 4 aromatic rings. The molecule has 0 bridgehead atoms. The molecule has 0 saturated carbocycles. The van der Waals surface area contributed by atoms with Crippen LogP contribution < -0.4 is 0 Å². The largest absolute Gasteiger partial charge is 0.461 e. The molecule has 4 heteroatoms. The molecule has 2 aromatic carbocycles. The molecule has 1 N–H and O–H groups in total. The molecule has 0 aliphatic heterocycles. The van der Waals surface area contributed by atoms with Crippen LogP contribution in [-0.4, -0.2) is 14.9 Å². The molecule has 4 rings (SSSR count). The van der Waals surface area contributed by atoms with Crippen LogP contribution in [0.5, 0.6) is 0 Å². The molecule has 4 nitrogen and oxygen atoms in total. The predicted octanol–water partition coefficient (Wildman–Crippen LogP) is 4.71. The Hall–Kier alpha value is -3.27. The summed E-state index contributed by atoms with van der Waals surface area (Å²) in [7, 11) is 0. The van der Waals surface area contributed by atoms with Crippen molar-refractivity contribution in [1.82, 2.24) is 9.71 Å². The Bertz CT molecular complexity index is 911. The molecule has 0 amide bonds. The molecular formula is C19H14N2O2. The highest BCUT2D eigenvalue weighted by Gasteiger charge is 2.21. The summed E-state index contributed by atoms with van der Waals surface area (Å²) in [6.45, 7) is 0. The Morgan fingerprint density at radius 3 is 2.04 bits per heavy atom. The van der Waals surface area contributed by atoms with Crippen LogP contribution in [-0.2, 0) is 0 Å². The van der Waals surface area contributed by atoms with Crippen LogP contribution in [0.15, 0.2) is 83.5 Å². The van der Waals surface area contributed by atoms with Gasteiger partial charge in [-0.1, -0.05) is 60.7 Å². The molecule has 112 valence electrons. The summed E-state index contributed by atoms with van der Waals surface area (Å²) in [5, 5.41) is 10.7. The average molecular weight is 302 g/mol. The Morgan fingerprint density at radius 2 is 1.43 bits per heavy atom. The lowest BCUT2D eigenvalue weighted by molar-refractivity contribution is 0.194. The van der Waals surface area contributed by atoms with Crippen LogP contribution in [0.25, 0.3) is 34.1 Å². The first-order valence-electron chi connectivity index (χ1n) is 7.31. The van der Waals surface area contributed by atoms with Gasteiger partial charge in [-0.15, -0.1) is 0 Å². The quantitative estimate of drug-likeness (QED) is 0.557. The van der Waals surface area contributed by atoms with Crippen molar-refractivity contribution >= 4 is 0 Å². The number of imidazole rings is 1. The van der Waals surface area contributed by atoms with Gasteiger partial charge in [0.05, 0.1) is 6.26 Å². The van der Waals surface area contributed by atoms with Crippen LogP contribution in [0, 0.1) is 0 Å². The van der Waals surface area contributed by atoms with E-state index in [1.54, 1.807) is 18.4 Å². The first kappa shape index (κ1) is 13.4. The number of nitrogens with zero attached hydrogens (tertiary/aromatic N) is 2. The molecule has 0 saturated heterocycles. The van der Waals surface area contributed by atoms with E-state index in [1.807, 2.05) is 60.7 Å². The van der Waals surface area contributed by atoms with Gasteiger partial charge >= 0.3 is 0 Å². The number of furan rings is 1. The fourth-order valence-electron chi connectivity index (χ4n) is 2.63. The van der Waals surface area contributed by atoms with E-state index in [1.165, 1.54) is 0 Å². The fraction of sp³-hybridized carbons (Fsp3) is 0. The monoisotopic (exact) mass is 302 g/mol. The van der Waals surface area contributed by atoms with E-state index in [-0.39, 0.29) is 0 Å². The van der Waals surface area contributed by atoms with Crippen molar-refractivity contribution < 1.29 is 9.62 Å². The lowest BCUT2D eigenvalue weighted by Gasteiger charge is -2.05. The maximum atomic E-state index is 10.7. The average Bonchev–Trinajstić information content (AvgIpc) is 3.24. The van der Waals surface area contributed by atoms with Gasteiger partial charge < -0.3 is 9.62 Å². The topological polar surface area (TPSA) is 51.2 Å². The van der Waals surface area contributed by atoms with E-state index in [2.05, 4.69) is 4.98 Å². The van der Waals surface area contributed by atoms with Crippen molar-refractivity contribution in [3.05, 3.63) is 79.1 Å². The van der Waals surface area contributed by atoms with Crippen LogP contribution in [0.3, 0.4) is 0 Å². The lowest BCUT2D eigenvalue weighted by Crippen LogP contribution is -1.96. The lowest BCUT2D eigenvalue weighted by atomic mass is 10.1. The normalized spacial score (nSPS) is 10.8. The Kier molecular flexibility index (Phi) is 3.20. The molecule has 2 heterocycles. The maximum Gasteiger partial charge on any atom is 0.212 e. The Morgan fingerprint density at radius 1 is 0.783 bits per heavy atom. The van der Waals surface area contributed by atoms with E-state index in [0.717, 1.165) is 15.9 Å². The van der Waals surface area contributed by atoms with Crippen molar-refractivity contribution in [1.29, 1.82) is 0 Å². The second-order valence-corrected chi connectivity index (χ2v) is 5.15. The van der Waals surface area contributed by atoms with Crippen molar-refractivity contribution in [3.8, 4) is 34.1 Å². The third-order valence-electron chi connectivity index (χ3n) is 3.69. The minimum atomic E-state index is 0.382. The predicted molar refractivity (Wildman–Crippen MR) is 88.0 cm³/mol. The van der Waals surface area contributed by atoms with Gasteiger partial charge in [0.2, 0.25) is 5.82 Å². The van der Waals surface area contributed by atoms with Gasteiger partial charge in [-0.25, -0.2) is 4.98 Å². The highest BCUT2D eigenvalue weighted by atomic mass is 16.5. The van der Waals surface area contributed by atoms with E-state index in [9.17, 15) is 5.21 Å². The van der Waals surface area contributed by atoms with E-state index in [4.69, 9.17) is 4.42 Å². The van der Waals surface area contributed by atoms with Crippen LogP contribution >= 0.6 is 0 Å². The van der Waals surface area contributed by atoms with Gasteiger partial charge in [-0.2, -0.15) is 4.73 Å². The third-order valence-corrected chi connectivity index (χ3v) is 3.69. The third kappa shape index (κ3) is 2.30. The van der Waals surface area contributed by atoms with E-state index >= 15 is 0 Å². The number of hydrogen-bond donors (Lipinski definition) is 1. The first-order valence-corrected chi connectivity index (χ1v) is 7.31. The second kappa shape index (κ2) is 5.50. The summed E-state index contributed by atoms with van der Waals surface area (Å²) in [6.07, 6.45) is 1.56. The van der Waals surface area contributed by atoms with Gasteiger partial charge in [0, 0.05) is 11.1 Å². The summed E-state index contributed by atoms with van der Waals surface area (Å²) in [4.78, 5) is 4.62. The van der Waals surface area contributed by atoms with Gasteiger partial charge in [-0.05, 0) is 12.1 Å². The van der Waals surface area contributed by atoms with Crippen molar-refractivity contribution in [3.63, 3.8) is 0 Å². The minimum absolute atomic E-state index is 0.382. The van der Waals surface area contributed by atoms with Gasteiger partial charge in [0.25, 0.3) is 0 Å². The molecule has 0 spiro atoms. The fourth-order valence-corrected chi connectivity index (χ4v) is 2.63. The number of hydrogen-bond acceptors (Lipinski definition) is 3. The zero-order chi connectivity index (χ0) is 15.6. The van der Waals surface area contributed by atoms with Gasteiger partial charge in [-0.3, -0.25) is 0 Å². The molecule has 0 aliphatic carbocycles. The van der Waals surface area contributed by atoms with Crippen LogP contribution in [0.4, 0.5) is 0 Å². The molecule has 0 fully saturated rings. The Balaban J connectivity index is 1.99. The minimum Gasteiger partial charge on any atom is -0.461 e. The zero-order valence-electron chi connectivity index (χ0n) is 12.3. The summed E-state index contributed by atoms with van der Waals surface area (Å²) in [5.41, 5.74) is 3.18.